The van der Waals surface area contributed by atoms with E-state index in [2.05, 4.69) is 0 Å². The third-order valence-corrected chi connectivity index (χ3v) is 2.38. The number of ether oxygens (including phenoxy) is 2. The van der Waals surface area contributed by atoms with E-state index in [1.54, 1.807) is 6.92 Å². The van der Waals surface area contributed by atoms with Gasteiger partial charge in [0.15, 0.2) is 6.10 Å². The van der Waals surface area contributed by atoms with Gasteiger partial charge in [-0.1, -0.05) is 30.3 Å². The lowest BCUT2D eigenvalue weighted by molar-refractivity contribution is -0.165. The first-order chi connectivity index (χ1) is 8.69. The van der Waals surface area contributed by atoms with Crippen LogP contribution in [-0.4, -0.2) is 36.4 Å². The van der Waals surface area contributed by atoms with Gasteiger partial charge in [-0.2, -0.15) is 0 Å². The van der Waals surface area contributed by atoms with Crippen molar-refractivity contribution < 1.29 is 19.4 Å². The summed E-state index contributed by atoms with van der Waals surface area (Å²) in [4.78, 5) is 11.6. The van der Waals surface area contributed by atoms with Gasteiger partial charge in [0.05, 0.1) is 13.2 Å². The Morgan fingerprint density at radius 2 is 2.06 bits per heavy atom. The van der Waals surface area contributed by atoms with Crippen LogP contribution >= 0.6 is 0 Å². The lowest BCUT2D eigenvalue weighted by Crippen LogP contribution is -2.42. The summed E-state index contributed by atoms with van der Waals surface area (Å²) in [6.45, 7) is 2.10. The Balaban J connectivity index is 2.59. The summed E-state index contributed by atoms with van der Waals surface area (Å²) in [5.41, 5.74) is 6.25. The molecule has 3 N–H and O–H groups in total. The lowest BCUT2D eigenvalue weighted by atomic mass is 10.2. The maximum atomic E-state index is 11.6. The van der Waals surface area contributed by atoms with E-state index < -0.39 is 18.2 Å². The molecule has 0 saturated carbocycles. The number of esters is 1. The minimum Gasteiger partial charge on any atom is -0.464 e. The topological polar surface area (TPSA) is 81.8 Å². The number of rotatable bonds is 7. The number of hydrogen-bond donors (Lipinski definition) is 2. The number of nitrogens with two attached hydrogens (primary N) is 1. The monoisotopic (exact) mass is 253 g/mol. The van der Waals surface area contributed by atoms with Crippen LogP contribution in [0.15, 0.2) is 30.3 Å². The van der Waals surface area contributed by atoms with Crippen LogP contribution in [0.3, 0.4) is 0 Å². The highest BCUT2D eigenvalue weighted by Gasteiger charge is 2.28. The first kappa shape index (κ1) is 14.6. The number of hydrogen-bond acceptors (Lipinski definition) is 5. The second-order valence-corrected chi connectivity index (χ2v) is 3.77. The highest BCUT2D eigenvalue weighted by atomic mass is 16.6. The molecule has 0 aliphatic carbocycles. The van der Waals surface area contributed by atoms with Crippen molar-refractivity contribution in [1.29, 1.82) is 0 Å². The highest BCUT2D eigenvalue weighted by molar-refractivity contribution is 5.75. The summed E-state index contributed by atoms with van der Waals surface area (Å²) in [7, 11) is 0. The van der Waals surface area contributed by atoms with Crippen LogP contribution in [0.1, 0.15) is 12.5 Å². The van der Waals surface area contributed by atoms with E-state index in [1.807, 2.05) is 30.3 Å². The molecule has 5 heteroatoms. The normalized spacial score (nSPS) is 13.9. The molecule has 1 aromatic rings. The lowest BCUT2D eigenvalue weighted by Gasteiger charge is -2.20. The Morgan fingerprint density at radius 3 is 2.61 bits per heavy atom. The van der Waals surface area contributed by atoms with E-state index in [1.165, 1.54) is 0 Å². The van der Waals surface area contributed by atoms with Gasteiger partial charge >= 0.3 is 5.97 Å². The van der Waals surface area contributed by atoms with Crippen LogP contribution in [0.2, 0.25) is 0 Å². The molecule has 1 aromatic carbocycles. The van der Waals surface area contributed by atoms with Gasteiger partial charge in [0.1, 0.15) is 6.10 Å². The first-order valence-corrected chi connectivity index (χ1v) is 5.89. The zero-order valence-corrected chi connectivity index (χ0v) is 10.4. The predicted octanol–water partition coefficient (Wildman–Crippen LogP) is 0.455. The van der Waals surface area contributed by atoms with Crippen LogP contribution in [0.4, 0.5) is 0 Å². The molecule has 100 valence electrons. The molecule has 18 heavy (non-hydrogen) atoms. The van der Waals surface area contributed by atoms with Crippen molar-refractivity contribution in [1.82, 2.24) is 0 Å². The fourth-order valence-electron chi connectivity index (χ4n) is 1.44. The summed E-state index contributed by atoms with van der Waals surface area (Å²) < 4.78 is 10.2. The van der Waals surface area contributed by atoms with Crippen molar-refractivity contribution in [2.75, 3.05) is 13.2 Å². The van der Waals surface area contributed by atoms with Gasteiger partial charge in [-0.3, -0.25) is 0 Å². The Morgan fingerprint density at radius 1 is 1.39 bits per heavy atom. The average molecular weight is 253 g/mol. The molecule has 0 saturated heterocycles. The molecule has 5 nitrogen and oxygen atoms in total. The molecule has 0 aliphatic heterocycles. The van der Waals surface area contributed by atoms with Gasteiger partial charge in [0.2, 0.25) is 0 Å². The van der Waals surface area contributed by atoms with E-state index in [-0.39, 0.29) is 19.8 Å². The minimum atomic E-state index is -1.06. The Hall–Kier alpha value is -1.43. The third kappa shape index (κ3) is 4.44. The SMILES string of the molecule is CCOC(=O)[C@@H](OCc1ccccc1)[C@@H](O)CN. The van der Waals surface area contributed by atoms with Crippen LogP contribution in [0.25, 0.3) is 0 Å². The maximum absolute atomic E-state index is 11.6. The van der Waals surface area contributed by atoms with Crippen LogP contribution in [-0.2, 0) is 20.9 Å². The second-order valence-electron chi connectivity index (χ2n) is 3.77. The standard InChI is InChI=1S/C13H19NO4/c1-2-17-13(16)12(11(15)8-14)18-9-10-6-4-3-5-7-10/h3-7,11-12,15H,2,8-9,14H2,1H3/t11-,12-/m0/s1. The zero-order valence-electron chi connectivity index (χ0n) is 10.4. The van der Waals surface area contributed by atoms with Gasteiger partial charge in [-0.25, -0.2) is 4.79 Å². The van der Waals surface area contributed by atoms with E-state index in [0.29, 0.717) is 0 Å². The molecule has 0 bridgehead atoms. The quantitative estimate of drug-likeness (QED) is 0.690. The molecule has 0 aromatic heterocycles. The van der Waals surface area contributed by atoms with Gasteiger partial charge in [-0.05, 0) is 12.5 Å². The second kappa shape index (κ2) is 7.81. The van der Waals surface area contributed by atoms with Gasteiger partial charge in [-0.15, -0.1) is 0 Å². The smallest absolute Gasteiger partial charge is 0.338 e. The van der Waals surface area contributed by atoms with Crippen molar-refractivity contribution >= 4 is 5.97 Å². The number of benzene rings is 1. The predicted molar refractivity (Wildman–Crippen MR) is 66.7 cm³/mol. The molecule has 0 heterocycles. The average Bonchev–Trinajstić information content (AvgIpc) is 2.40. The molecule has 2 atom stereocenters. The first-order valence-electron chi connectivity index (χ1n) is 5.89. The van der Waals surface area contributed by atoms with Crippen molar-refractivity contribution in [3.8, 4) is 0 Å². The van der Waals surface area contributed by atoms with Gasteiger partial charge in [0, 0.05) is 6.54 Å². The summed E-state index contributed by atoms with van der Waals surface area (Å²) in [5.74, 6) is -0.591. The molecule has 0 unspecified atom stereocenters. The number of carbonyl (C=O) groups excluding carboxylic acids is 1. The summed E-state index contributed by atoms with van der Waals surface area (Å²) in [6.07, 6.45) is -2.11. The van der Waals surface area contributed by atoms with Crippen LogP contribution in [0.5, 0.6) is 0 Å². The fraction of sp³-hybridized carbons (Fsp3) is 0.462. The summed E-state index contributed by atoms with van der Waals surface area (Å²) >= 11 is 0. The molecule has 0 amide bonds. The van der Waals surface area contributed by atoms with Crippen molar-refractivity contribution in [3.05, 3.63) is 35.9 Å². The minimum absolute atomic E-state index is 0.0573. The highest BCUT2D eigenvalue weighted by Crippen LogP contribution is 2.08. The number of aliphatic hydroxyl groups excluding tert-OH is 1. The van der Waals surface area contributed by atoms with Crippen LogP contribution in [0, 0.1) is 0 Å². The number of carbonyl (C=O) groups is 1. The molecular formula is C13H19NO4. The Kier molecular flexibility index (Phi) is 6.35. The van der Waals surface area contributed by atoms with Crippen molar-refractivity contribution in [3.63, 3.8) is 0 Å². The van der Waals surface area contributed by atoms with Crippen molar-refractivity contribution in [2.24, 2.45) is 5.73 Å². The Labute approximate surface area is 107 Å². The maximum Gasteiger partial charge on any atom is 0.338 e. The third-order valence-electron chi connectivity index (χ3n) is 2.38. The fourth-order valence-corrected chi connectivity index (χ4v) is 1.44. The Bertz CT molecular complexity index is 355. The summed E-state index contributed by atoms with van der Waals surface area (Å²) in [5, 5.41) is 9.64. The largest absolute Gasteiger partial charge is 0.464 e. The van der Waals surface area contributed by atoms with Gasteiger partial charge < -0.3 is 20.3 Å². The molecule has 0 aliphatic rings. The van der Waals surface area contributed by atoms with Crippen molar-refractivity contribution in [2.45, 2.75) is 25.7 Å². The number of aliphatic hydroxyl groups is 1. The molecule has 0 spiro atoms. The van der Waals surface area contributed by atoms with E-state index in [9.17, 15) is 9.90 Å². The van der Waals surface area contributed by atoms with E-state index in [0.717, 1.165) is 5.56 Å². The molecule has 0 radical (unpaired) electrons. The van der Waals surface area contributed by atoms with Gasteiger partial charge in [0.25, 0.3) is 0 Å². The van der Waals surface area contributed by atoms with E-state index in [4.69, 9.17) is 15.2 Å². The van der Waals surface area contributed by atoms with Crippen LogP contribution < -0.4 is 5.73 Å². The summed E-state index contributed by atoms with van der Waals surface area (Å²) in [6, 6.07) is 9.38. The zero-order chi connectivity index (χ0) is 13.4. The molecule has 1 rings (SSSR count). The van der Waals surface area contributed by atoms with E-state index >= 15 is 0 Å². The molecular weight excluding hydrogens is 234 g/mol. The molecule has 0 fully saturated rings.